The molecule has 1 N–H and O–H groups in total. The molecule has 0 spiro atoms. The number of alkyl halides is 1. The van der Waals surface area contributed by atoms with E-state index in [1.54, 1.807) is 19.1 Å². The van der Waals surface area contributed by atoms with Gasteiger partial charge in [-0.15, -0.1) is 0 Å². The lowest BCUT2D eigenvalue weighted by molar-refractivity contribution is -0.137. The lowest BCUT2D eigenvalue weighted by Crippen LogP contribution is -2.33. The van der Waals surface area contributed by atoms with Gasteiger partial charge in [0.05, 0.1) is 31.3 Å². The number of ether oxygens (including phenoxy) is 2. The average Bonchev–Trinajstić information content (AvgIpc) is 2.59. The summed E-state index contributed by atoms with van der Waals surface area (Å²) >= 11 is 3.31. The summed E-state index contributed by atoms with van der Waals surface area (Å²) in [6.45, 7) is 1.68. The highest BCUT2D eigenvalue weighted by Crippen LogP contribution is 2.40. The Morgan fingerprint density at radius 1 is 1.17 bits per heavy atom. The van der Waals surface area contributed by atoms with Gasteiger partial charge in [-0.05, 0) is 13.0 Å². The summed E-state index contributed by atoms with van der Waals surface area (Å²) in [7, 11) is 2.48. The third-order valence-electron chi connectivity index (χ3n) is 3.81. The van der Waals surface area contributed by atoms with Gasteiger partial charge in [0.1, 0.15) is 5.82 Å². The SMILES string of the molecule is COC(=O)C1=C(C)NC(CBr)=C(C(=O)OC)C1c1ccccc1F. The van der Waals surface area contributed by atoms with Crippen LogP contribution in [-0.4, -0.2) is 31.5 Å². The van der Waals surface area contributed by atoms with E-state index in [9.17, 15) is 14.0 Å². The molecule has 128 valence electrons. The number of allylic oxidation sites excluding steroid dienone is 2. The van der Waals surface area contributed by atoms with Crippen LogP contribution < -0.4 is 5.32 Å². The zero-order valence-electron chi connectivity index (χ0n) is 13.5. The topological polar surface area (TPSA) is 64.6 Å². The van der Waals surface area contributed by atoms with Crippen LogP contribution in [0.5, 0.6) is 0 Å². The third-order valence-corrected chi connectivity index (χ3v) is 4.37. The largest absolute Gasteiger partial charge is 0.466 e. The number of nitrogens with one attached hydrogen (secondary N) is 1. The number of hydrogen-bond acceptors (Lipinski definition) is 5. The van der Waals surface area contributed by atoms with Crippen LogP contribution in [0, 0.1) is 5.82 Å². The van der Waals surface area contributed by atoms with E-state index in [2.05, 4.69) is 21.2 Å². The lowest BCUT2D eigenvalue weighted by atomic mass is 9.80. The first kappa shape index (κ1) is 18.2. The molecule has 0 fully saturated rings. The molecule has 0 amide bonds. The molecule has 0 saturated carbocycles. The van der Waals surface area contributed by atoms with Gasteiger partial charge in [0.25, 0.3) is 0 Å². The maximum atomic E-state index is 14.4. The maximum absolute atomic E-state index is 14.4. The highest BCUT2D eigenvalue weighted by molar-refractivity contribution is 9.09. The van der Waals surface area contributed by atoms with E-state index in [0.29, 0.717) is 16.7 Å². The van der Waals surface area contributed by atoms with Gasteiger partial charge in [0, 0.05) is 22.3 Å². The fourth-order valence-corrected chi connectivity index (χ4v) is 3.20. The zero-order valence-corrected chi connectivity index (χ0v) is 15.1. The summed E-state index contributed by atoms with van der Waals surface area (Å²) in [5.41, 5.74) is 1.56. The summed E-state index contributed by atoms with van der Waals surface area (Å²) in [5, 5.41) is 3.32. The van der Waals surface area contributed by atoms with E-state index in [0.717, 1.165) is 0 Å². The normalized spacial score (nSPS) is 17.5. The molecule has 7 heteroatoms. The van der Waals surface area contributed by atoms with Crippen LogP contribution in [0.25, 0.3) is 0 Å². The van der Waals surface area contributed by atoms with E-state index in [4.69, 9.17) is 9.47 Å². The van der Waals surface area contributed by atoms with Crippen molar-refractivity contribution in [1.82, 2.24) is 5.32 Å². The summed E-state index contributed by atoms with van der Waals surface area (Å²) in [5.74, 6) is -2.71. The second kappa shape index (κ2) is 7.61. The second-order valence-electron chi connectivity index (χ2n) is 5.13. The number of benzene rings is 1. The Labute approximate surface area is 147 Å². The molecule has 0 saturated heterocycles. The second-order valence-corrected chi connectivity index (χ2v) is 5.69. The van der Waals surface area contributed by atoms with E-state index < -0.39 is 23.7 Å². The predicted molar refractivity (Wildman–Crippen MR) is 89.8 cm³/mol. The molecule has 24 heavy (non-hydrogen) atoms. The first-order valence-corrected chi connectivity index (χ1v) is 8.26. The van der Waals surface area contributed by atoms with Crippen molar-refractivity contribution in [2.75, 3.05) is 19.5 Å². The molecule has 1 heterocycles. The average molecular weight is 398 g/mol. The molecule has 1 unspecified atom stereocenters. The van der Waals surface area contributed by atoms with Gasteiger partial charge in [-0.3, -0.25) is 0 Å². The highest BCUT2D eigenvalue weighted by atomic mass is 79.9. The van der Waals surface area contributed by atoms with Gasteiger partial charge in [-0.2, -0.15) is 0 Å². The Morgan fingerprint density at radius 2 is 1.75 bits per heavy atom. The fourth-order valence-electron chi connectivity index (χ4n) is 2.75. The Hall–Kier alpha value is -2.15. The van der Waals surface area contributed by atoms with Crippen LogP contribution in [-0.2, 0) is 19.1 Å². The molecule has 5 nitrogen and oxygen atoms in total. The molecule has 0 bridgehead atoms. The molecular formula is C17H17BrFNO4. The number of methoxy groups -OCH3 is 2. The predicted octanol–water partition coefficient (Wildman–Crippen LogP) is 2.78. The number of hydrogen-bond donors (Lipinski definition) is 1. The molecule has 0 aliphatic carbocycles. The quantitative estimate of drug-likeness (QED) is 0.624. The van der Waals surface area contributed by atoms with Crippen LogP contribution in [0.2, 0.25) is 0 Å². The minimum absolute atomic E-state index is 0.172. The minimum atomic E-state index is -0.917. The first-order chi connectivity index (χ1) is 11.5. The van der Waals surface area contributed by atoms with Gasteiger partial charge in [-0.25, -0.2) is 14.0 Å². The van der Waals surface area contributed by atoms with Gasteiger partial charge in [0.2, 0.25) is 0 Å². The molecule has 1 aromatic rings. The van der Waals surface area contributed by atoms with Crippen LogP contribution in [0.3, 0.4) is 0 Å². The van der Waals surface area contributed by atoms with Gasteiger partial charge < -0.3 is 14.8 Å². The molecule has 1 aliphatic rings. The summed E-state index contributed by atoms with van der Waals surface area (Å²) in [4.78, 5) is 24.7. The Bertz CT molecular complexity index is 742. The number of carbonyl (C=O) groups excluding carboxylic acids is 2. The Kier molecular flexibility index (Phi) is 5.77. The van der Waals surface area contributed by atoms with Crippen LogP contribution in [0.4, 0.5) is 4.39 Å². The Morgan fingerprint density at radius 3 is 2.29 bits per heavy atom. The molecule has 0 radical (unpaired) electrons. The number of esters is 2. The molecule has 1 aliphatic heterocycles. The third kappa shape index (κ3) is 3.21. The summed E-state index contributed by atoms with van der Waals surface area (Å²) in [6.07, 6.45) is 0. The van der Waals surface area contributed by atoms with Crippen molar-refractivity contribution in [2.24, 2.45) is 0 Å². The minimum Gasteiger partial charge on any atom is -0.466 e. The van der Waals surface area contributed by atoms with Crippen molar-refractivity contribution in [3.05, 3.63) is 58.2 Å². The summed E-state index contributed by atoms with van der Waals surface area (Å²) < 4.78 is 24.1. The number of carbonyl (C=O) groups is 2. The number of halogens is 2. The van der Waals surface area contributed by atoms with E-state index in [-0.39, 0.29) is 16.7 Å². The van der Waals surface area contributed by atoms with Crippen molar-refractivity contribution < 1.29 is 23.5 Å². The van der Waals surface area contributed by atoms with Crippen LogP contribution in [0.1, 0.15) is 18.4 Å². The van der Waals surface area contributed by atoms with E-state index in [1.165, 1.54) is 26.4 Å². The summed E-state index contributed by atoms with van der Waals surface area (Å²) in [6, 6.07) is 6.01. The van der Waals surface area contributed by atoms with Crippen molar-refractivity contribution in [1.29, 1.82) is 0 Å². The zero-order chi connectivity index (χ0) is 17.9. The van der Waals surface area contributed by atoms with E-state index in [1.807, 2.05) is 0 Å². The first-order valence-electron chi connectivity index (χ1n) is 7.14. The van der Waals surface area contributed by atoms with Crippen molar-refractivity contribution in [2.45, 2.75) is 12.8 Å². The monoisotopic (exact) mass is 397 g/mol. The Balaban J connectivity index is 2.76. The van der Waals surface area contributed by atoms with Crippen molar-refractivity contribution in [3.63, 3.8) is 0 Å². The standard InChI is InChI=1S/C17H17BrFNO4/c1-9-13(16(21)23-2)14(10-6-4-5-7-11(10)19)15(17(22)24-3)12(8-18)20-9/h4-7,14,20H,8H2,1-3H3. The fraction of sp³-hybridized carbons (Fsp3) is 0.294. The van der Waals surface area contributed by atoms with Gasteiger partial charge in [-0.1, -0.05) is 34.1 Å². The van der Waals surface area contributed by atoms with E-state index >= 15 is 0 Å². The molecule has 1 atom stereocenters. The van der Waals surface area contributed by atoms with Crippen molar-refractivity contribution >= 4 is 27.9 Å². The molecule has 0 aromatic heterocycles. The van der Waals surface area contributed by atoms with Crippen LogP contribution >= 0.6 is 15.9 Å². The smallest absolute Gasteiger partial charge is 0.336 e. The molecule has 2 rings (SSSR count). The molecular weight excluding hydrogens is 381 g/mol. The van der Waals surface area contributed by atoms with Gasteiger partial charge >= 0.3 is 11.9 Å². The number of dihydropyridines is 1. The van der Waals surface area contributed by atoms with Gasteiger partial charge in [0.15, 0.2) is 0 Å². The maximum Gasteiger partial charge on any atom is 0.336 e. The van der Waals surface area contributed by atoms with Crippen molar-refractivity contribution in [3.8, 4) is 0 Å². The lowest BCUT2D eigenvalue weighted by Gasteiger charge is -2.30. The number of rotatable bonds is 4. The highest BCUT2D eigenvalue weighted by Gasteiger charge is 2.39. The molecule has 1 aromatic carbocycles. The van der Waals surface area contributed by atoms with Crippen LogP contribution in [0.15, 0.2) is 46.8 Å².